The third kappa shape index (κ3) is 5.07. The summed E-state index contributed by atoms with van der Waals surface area (Å²) in [5, 5.41) is 5.51. The Kier molecular flexibility index (Phi) is 7.83. The second kappa shape index (κ2) is 10.1. The molecule has 0 saturated heterocycles. The molecule has 1 aromatic carbocycles. The van der Waals surface area contributed by atoms with Crippen LogP contribution in [0.1, 0.15) is 41.6 Å². The summed E-state index contributed by atoms with van der Waals surface area (Å²) in [4.78, 5) is 12.4. The molecule has 3 rings (SSSR count). The summed E-state index contributed by atoms with van der Waals surface area (Å²) in [6.07, 6.45) is 6.53. The number of ether oxygens (including phenoxy) is 1. The number of allylic oxidation sites excluding steroid dienone is 1. The first-order valence-corrected chi connectivity index (χ1v) is 12.4. The average Bonchev–Trinajstić information content (AvgIpc) is 3.26. The summed E-state index contributed by atoms with van der Waals surface area (Å²) in [6, 6.07) is 9.38. The van der Waals surface area contributed by atoms with Crippen LogP contribution in [0.2, 0.25) is 10.0 Å². The number of carbonyl (C=O) groups excluding carboxylic acids is 1. The summed E-state index contributed by atoms with van der Waals surface area (Å²) in [7, 11) is 0. The van der Waals surface area contributed by atoms with Gasteiger partial charge in [-0.15, -0.1) is 0 Å². The standard InChI is InChI=1S/C21H19BrCl2N2O2Se/c1-3-5-6-7-14-9-11-17(29-14)20-18(22)19(21(27)28-4-2)25-26(20)16-10-8-13(23)12-15(16)24/h6-12H,3-5H2,1-2H3/b7-6+. The molecule has 0 atom stereocenters. The zero-order chi connectivity index (χ0) is 21.0. The Hall–Kier alpha value is -1.30. The first-order valence-electron chi connectivity index (χ1n) is 9.14. The summed E-state index contributed by atoms with van der Waals surface area (Å²) in [5.41, 5.74) is 1.67. The molecule has 4 nitrogen and oxygen atoms in total. The third-order valence-electron chi connectivity index (χ3n) is 4.03. The molecule has 2 heterocycles. The molecule has 0 aliphatic rings. The molecule has 2 aromatic heterocycles. The zero-order valence-electron chi connectivity index (χ0n) is 15.9. The van der Waals surface area contributed by atoms with Crippen LogP contribution in [0.15, 0.2) is 40.9 Å². The minimum atomic E-state index is -0.480. The fourth-order valence-electron chi connectivity index (χ4n) is 2.70. The molecule has 0 radical (unpaired) electrons. The van der Waals surface area contributed by atoms with Crippen LogP contribution in [0.4, 0.5) is 0 Å². The minimum absolute atomic E-state index is 0.0787. The Bertz CT molecular complexity index is 1060. The number of esters is 1. The van der Waals surface area contributed by atoms with Crippen LogP contribution in [0.5, 0.6) is 0 Å². The number of halogens is 3. The van der Waals surface area contributed by atoms with Gasteiger partial charge in [0.25, 0.3) is 0 Å². The van der Waals surface area contributed by atoms with Crippen molar-refractivity contribution >= 4 is 65.7 Å². The second-order valence-corrected chi connectivity index (χ2v) is 10.1. The number of benzene rings is 1. The number of unbranched alkanes of at least 4 members (excludes halogenated alkanes) is 1. The molecule has 0 amide bonds. The van der Waals surface area contributed by atoms with Crippen LogP contribution >= 0.6 is 39.1 Å². The predicted octanol–water partition coefficient (Wildman–Crippen LogP) is 6.66. The van der Waals surface area contributed by atoms with Crippen LogP contribution in [0, 0.1) is 0 Å². The summed E-state index contributed by atoms with van der Waals surface area (Å²) >= 11 is 16.2. The van der Waals surface area contributed by atoms with Gasteiger partial charge in [0, 0.05) is 0 Å². The van der Waals surface area contributed by atoms with Crippen LogP contribution in [-0.2, 0) is 4.74 Å². The molecule has 0 saturated carbocycles. The fraction of sp³-hybridized carbons (Fsp3) is 0.238. The Balaban J connectivity index is 2.15. The first-order chi connectivity index (χ1) is 14.0. The molecule has 0 fully saturated rings. The van der Waals surface area contributed by atoms with E-state index in [2.05, 4.69) is 52.2 Å². The molecule has 0 spiro atoms. The van der Waals surface area contributed by atoms with E-state index >= 15 is 0 Å². The maximum absolute atomic E-state index is 12.4. The molecule has 29 heavy (non-hydrogen) atoms. The van der Waals surface area contributed by atoms with E-state index in [1.165, 1.54) is 4.44 Å². The summed E-state index contributed by atoms with van der Waals surface area (Å²) in [5.74, 6) is -0.480. The van der Waals surface area contributed by atoms with Gasteiger partial charge in [0.2, 0.25) is 0 Å². The van der Waals surface area contributed by atoms with Gasteiger partial charge in [-0.1, -0.05) is 0 Å². The Labute approximate surface area is 194 Å². The quantitative estimate of drug-likeness (QED) is 0.240. The van der Waals surface area contributed by atoms with Crippen molar-refractivity contribution in [3.8, 4) is 15.8 Å². The molecule has 0 unspecified atom stereocenters. The van der Waals surface area contributed by atoms with E-state index in [4.69, 9.17) is 27.9 Å². The van der Waals surface area contributed by atoms with E-state index < -0.39 is 5.97 Å². The normalized spacial score (nSPS) is 11.3. The average molecular weight is 561 g/mol. The van der Waals surface area contributed by atoms with Crippen molar-refractivity contribution in [2.75, 3.05) is 6.61 Å². The predicted molar refractivity (Wildman–Crippen MR) is 124 cm³/mol. The van der Waals surface area contributed by atoms with Crippen LogP contribution in [0.25, 0.3) is 21.9 Å². The van der Waals surface area contributed by atoms with Crippen molar-refractivity contribution in [2.45, 2.75) is 26.7 Å². The molecule has 0 aliphatic carbocycles. The fourth-order valence-corrected chi connectivity index (χ4v) is 6.16. The van der Waals surface area contributed by atoms with Crippen LogP contribution in [-0.4, -0.2) is 36.9 Å². The van der Waals surface area contributed by atoms with E-state index in [1.807, 2.05) is 0 Å². The Morgan fingerprint density at radius 3 is 2.76 bits per heavy atom. The van der Waals surface area contributed by atoms with E-state index in [9.17, 15) is 4.79 Å². The van der Waals surface area contributed by atoms with Gasteiger partial charge in [-0.05, 0) is 0 Å². The number of nitrogens with zero attached hydrogens (tertiary/aromatic N) is 2. The molecule has 0 bridgehead atoms. The molecule has 0 N–H and O–H groups in total. The molecule has 8 heteroatoms. The molecule has 152 valence electrons. The van der Waals surface area contributed by atoms with Gasteiger partial charge in [-0.3, -0.25) is 0 Å². The van der Waals surface area contributed by atoms with E-state index in [0.29, 0.717) is 20.2 Å². The van der Waals surface area contributed by atoms with Gasteiger partial charge < -0.3 is 0 Å². The van der Waals surface area contributed by atoms with Crippen molar-refractivity contribution in [3.63, 3.8) is 0 Å². The Morgan fingerprint density at radius 1 is 1.28 bits per heavy atom. The summed E-state index contributed by atoms with van der Waals surface area (Å²) < 4.78 is 9.82. The van der Waals surface area contributed by atoms with Gasteiger partial charge >= 0.3 is 195 Å². The van der Waals surface area contributed by atoms with Crippen molar-refractivity contribution in [3.05, 3.63) is 61.1 Å². The van der Waals surface area contributed by atoms with Crippen LogP contribution in [0.3, 0.4) is 0 Å². The number of hydrogen-bond donors (Lipinski definition) is 0. The number of hydrogen-bond acceptors (Lipinski definition) is 3. The SMILES string of the molecule is CCC/C=C/c1ccc(-c2c(Br)c(C(=O)OCC)nn2-c2ccc(Cl)cc2Cl)[se]1. The first kappa shape index (κ1) is 22.4. The second-order valence-electron chi connectivity index (χ2n) is 6.13. The zero-order valence-corrected chi connectivity index (χ0v) is 20.7. The van der Waals surface area contributed by atoms with Gasteiger partial charge in [-0.2, -0.15) is 0 Å². The monoisotopic (exact) mass is 560 g/mol. The van der Waals surface area contributed by atoms with Gasteiger partial charge in [0.1, 0.15) is 0 Å². The van der Waals surface area contributed by atoms with E-state index in [1.54, 1.807) is 29.8 Å². The van der Waals surface area contributed by atoms with Crippen molar-refractivity contribution in [1.82, 2.24) is 9.78 Å². The number of carbonyl (C=O) groups is 1. The van der Waals surface area contributed by atoms with Crippen molar-refractivity contribution in [2.24, 2.45) is 0 Å². The Morgan fingerprint density at radius 2 is 2.07 bits per heavy atom. The molecular weight excluding hydrogens is 542 g/mol. The molecular formula is C21H19BrCl2N2O2Se. The van der Waals surface area contributed by atoms with Crippen LogP contribution < -0.4 is 0 Å². The van der Waals surface area contributed by atoms with Crippen molar-refractivity contribution in [1.29, 1.82) is 0 Å². The van der Waals surface area contributed by atoms with Gasteiger partial charge in [0.15, 0.2) is 0 Å². The number of aromatic nitrogens is 2. The number of rotatable bonds is 7. The van der Waals surface area contributed by atoms with Gasteiger partial charge in [-0.25, -0.2) is 0 Å². The van der Waals surface area contributed by atoms with Gasteiger partial charge in [0.05, 0.1) is 0 Å². The van der Waals surface area contributed by atoms with E-state index in [-0.39, 0.29) is 26.8 Å². The molecule has 3 aromatic rings. The topological polar surface area (TPSA) is 44.1 Å². The maximum atomic E-state index is 12.4. The summed E-state index contributed by atoms with van der Waals surface area (Å²) in [6.45, 7) is 4.20. The molecule has 0 aliphatic heterocycles. The van der Waals surface area contributed by atoms with E-state index in [0.717, 1.165) is 23.0 Å². The van der Waals surface area contributed by atoms with Crippen molar-refractivity contribution < 1.29 is 9.53 Å². The third-order valence-corrected chi connectivity index (χ3v) is 7.54.